The second kappa shape index (κ2) is 5.60. The van der Waals surface area contributed by atoms with Gasteiger partial charge in [0, 0.05) is 6.54 Å². The second-order valence-electron chi connectivity index (χ2n) is 6.25. The summed E-state index contributed by atoms with van der Waals surface area (Å²) in [6.07, 6.45) is 9.29. The lowest BCUT2D eigenvalue weighted by molar-refractivity contribution is -0.128. The zero-order valence-electron chi connectivity index (χ0n) is 12.0. The summed E-state index contributed by atoms with van der Waals surface area (Å²) in [6.45, 7) is 6.29. The maximum absolute atomic E-state index is 12.5. The number of nitrogens with one attached hydrogen (secondary N) is 2. The Hall–Kier alpha value is -0.570. The van der Waals surface area contributed by atoms with Gasteiger partial charge >= 0.3 is 0 Å². The van der Waals surface area contributed by atoms with Gasteiger partial charge in [0.05, 0.1) is 5.54 Å². The molecule has 1 amide bonds. The van der Waals surface area contributed by atoms with Crippen molar-refractivity contribution in [3.8, 4) is 0 Å². The van der Waals surface area contributed by atoms with Gasteiger partial charge in [-0.1, -0.05) is 26.7 Å². The van der Waals surface area contributed by atoms with E-state index in [1.165, 1.54) is 25.7 Å². The van der Waals surface area contributed by atoms with Crippen molar-refractivity contribution in [3.63, 3.8) is 0 Å². The molecule has 2 aliphatic rings. The van der Waals surface area contributed by atoms with E-state index < -0.39 is 0 Å². The summed E-state index contributed by atoms with van der Waals surface area (Å²) in [5.41, 5.74) is 0.162. The van der Waals surface area contributed by atoms with Crippen LogP contribution in [0.15, 0.2) is 0 Å². The molecule has 104 valence electrons. The van der Waals surface area contributed by atoms with Crippen molar-refractivity contribution < 1.29 is 4.79 Å². The first kappa shape index (κ1) is 13.9. The molecule has 1 unspecified atom stereocenters. The highest BCUT2D eigenvalue weighted by atomic mass is 16.2. The van der Waals surface area contributed by atoms with Crippen molar-refractivity contribution in [2.75, 3.05) is 13.1 Å². The Kier molecular flexibility index (Phi) is 4.31. The zero-order chi connectivity index (χ0) is 13.1. The van der Waals surface area contributed by atoms with Crippen molar-refractivity contribution in [1.29, 1.82) is 0 Å². The molecule has 1 aliphatic heterocycles. The predicted octanol–water partition coefficient (Wildman–Crippen LogP) is 2.61. The van der Waals surface area contributed by atoms with Crippen LogP contribution in [0.3, 0.4) is 0 Å². The summed E-state index contributed by atoms with van der Waals surface area (Å²) in [4.78, 5) is 12.5. The van der Waals surface area contributed by atoms with Gasteiger partial charge in [0.25, 0.3) is 0 Å². The van der Waals surface area contributed by atoms with Crippen LogP contribution >= 0.6 is 0 Å². The molecule has 1 saturated carbocycles. The van der Waals surface area contributed by atoms with Gasteiger partial charge in [0.2, 0.25) is 5.91 Å². The van der Waals surface area contributed by atoms with E-state index in [4.69, 9.17) is 0 Å². The van der Waals surface area contributed by atoms with Gasteiger partial charge in [0.1, 0.15) is 0 Å². The number of carbonyl (C=O) groups excluding carboxylic acids is 1. The van der Waals surface area contributed by atoms with E-state index in [9.17, 15) is 4.79 Å². The molecule has 2 fully saturated rings. The third kappa shape index (κ3) is 2.56. The van der Waals surface area contributed by atoms with Gasteiger partial charge in [-0.05, 0) is 50.5 Å². The topological polar surface area (TPSA) is 41.1 Å². The van der Waals surface area contributed by atoms with Crippen LogP contribution in [0, 0.1) is 5.41 Å². The van der Waals surface area contributed by atoms with Crippen LogP contribution in [0.5, 0.6) is 0 Å². The van der Waals surface area contributed by atoms with Crippen LogP contribution in [-0.2, 0) is 4.79 Å². The second-order valence-corrected chi connectivity index (χ2v) is 6.25. The van der Waals surface area contributed by atoms with E-state index in [0.717, 1.165) is 38.8 Å². The lowest BCUT2D eigenvalue weighted by Gasteiger charge is -2.42. The number of amides is 1. The standard InChI is InChI=1S/C15H28N2O/c1-3-7-15(10-6-11-17-15)13(18)16-12-14(4-2)8-5-9-14/h17H,3-12H2,1-2H3,(H,16,18). The van der Waals surface area contributed by atoms with E-state index in [0.29, 0.717) is 5.41 Å². The summed E-state index contributed by atoms with van der Waals surface area (Å²) < 4.78 is 0. The molecule has 2 N–H and O–H groups in total. The van der Waals surface area contributed by atoms with Gasteiger partial charge in [-0.3, -0.25) is 4.79 Å². The van der Waals surface area contributed by atoms with Crippen molar-refractivity contribution in [3.05, 3.63) is 0 Å². The molecule has 0 aromatic rings. The zero-order valence-corrected chi connectivity index (χ0v) is 12.0. The summed E-state index contributed by atoms with van der Waals surface area (Å²) in [5.74, 6) is 0.251. The average molecular weight is 252 g/mol. The maximum Gasteiger partial charge on any atom is 0.240 e. The van der Waals surface area contributed by atoms with Crippen LogP contribution in [0.4, 0.5) is 0 Å². The third-order valence-electron chi connectivity index (χ3n) is 5.14. The fraction of sp³-hybridized carbons (Fsp3) is 0.933. The number of hydrogen-bond donors (Lipinski definition) is 2. The van der Waals surface area contributed by atoms with Crippen LogP contribution in [0.25, 0.3) is 0 Å². The first-order chi connectivity index (χ1) is 8.66. The van der Waals surface area contributed by atoms with Gasteiger partial charge in [0.15, 0.2) is 0 Å². The average Bonchev–Trinajstić information content (AvgIpc) is 2.78. The van der Waals surface area contributed by atoms with Gasteiger partial charge < -0.3 is 10.6 Å². The molecule has 0 aromatic heterocycles. The summed E-state index contributed by atoms with van der Waals surface area (Å²) in [6, 6.07) is 0. The highest BCUT2D eigenvalue weighted by molar-refractivity contribution is 5.86. The molecule has 2 rings (SSSR count). The summed E-state index contributed by atoms with van der Waals surface area (Å²) in [7, 11) is 0. The van der Waals surface area contributed by atoms with Gasteiger partial charge in [-0.15, -0.1) is 0 Å². The number of rotatable bonds is 6. The van der Waals surface area contributed by atoms with Crippen LogP contribution < -0.4 is 10.6 Å². The van der Waals surface area contributed by atoms with E-state index >= 15 is 0 Å². The quantitative estimate of drug-likeness (QED) is 0.763. The largest absolute Gasteiger partial charge is 0.354 e. The molecular weight excluding hydrogens is 224 g/mol. The molecular formula is C15H28N2O. The van der Waals surface area contributed by atoms with Gasteiger partial charge in [-0.25, -0.2) is 0 Å². The number of carbonyl (C=O) groups is 1. The van der Waals surface area contributed by atoms with E-state index in [2.05, 4.69) is 24.5 Å². The SMILES string of the molecule is CCCC1(C(=O)NCC2(CC)CCC2)CCCN1. The Bertz CT molecular complexity index is 285. The summed E-state index contributed by atoms with van der Waals surface area (Å²) >= 11 is 0. The summed E-state index contributed by atoms with van der Waals surface area (Å²) in [5, 5.41) is 6.69. The first-order valence-electron chi connectivity index (χ1n) is 7.70. The van der Waals surface area contributed by atoms with E-state index in [1.807, 2.05) is 0 Å². The van der Waals surface area contributed by atoms with Gasteiger partial charge in [-0.2, -0.15) is 0 Å². The minimum Gasteiger partial charge on any atom is -0.354 e. The van der Waals surface area contributed by atoms with Crippen molar-refractivity contribution in [2.45, 2.75) is 70.8 Å². The normalized spacial score (nSPS) is 29.9. The van der Waals surface area contributed by atoms with Crippen molar-refractivity contribution in [1.82, 2.24) is 10.6 Å². The first-order valence-corrected chi connectivity index (χ1v) is 7.70. The Labute approximate surface area is 111 Å². The molecule has 3 nitrogen and oxygen atoms in total. The van der Waals surface area contributed by atoms with Crippen molar-refractivity contribution >= 4 is 5.91 Å². The third-order valence-corrected chi connectivity index (χ3v) is 5.14. The van der Waals surface area contributed by atoms with E-state index in [1.54, 1.807) is 0 Å². The molecule has 0 spiro atoms. The fourth-order valence-electron chi connectivity index (χ4n) is 3.52. The van der Waals surface area contributed by atoms with Crippen LogP contribution in [0.2, 0.25) is 0 Å². The van der Waals surface area contributed by atoms with Crippen LogP contribution in [-0.4, -0.2) is 24.5 Å². The highest BCUT2D eigenvalue weighted by Crippen LogP contribution is 2.43. The maximum atomic E-state index is 12.5. The molecule has 1 atom stereocenters. The lowest BCUT2D eigenvalue weighted by Crippen LogP contribution is -2.55. The molecule has 0 bridgehead atoms. The number of hydrogen-bond acceptors (Lipinski definition) is 2. The molecule has 1 saturated heterocycles. The van der Waals surface area contributed by atoms with Crippen LogP contribution in [0.1, 0.15) is 65.2 Å². The minimum absolute atomic E-state index is 0.251. The Balaban J connectivity index is 1.89. The monoisotopic (exact) mass is 252 g/mol. The highest BCUT2D eigenvalue weighted by Gasteiger charge is 2.42. The van der Waals surface area contributed by atoms with Crippen molar-refractivity contribution in [2.24, 2.45) is 5.41 Å². The Morgan fingerprint density at radius 1 is 1.22 bits per heavy atom. The molecule has 3 heteroatoms. The smallest absolute Gasteiger partial charge is 0.240 e. The Morgan fingerprint density at radius 3 is 2.44 bits per heavy atom. The van der Waals surface area contributed by atoms with E-state index in [-0.39, 0.29) is 11.4 Å². The molecule has 18 heavy (non-hydrogen) atoms. The predicted molar refractivity (Wildman–Crippen MR) is 74.5 cm³/mol. The lowest BCUT2D eigenvalue weighted by atomic mass is 9.67. The Morgan fingerprint density at radius 2 is 2.00 bits per heavy atom. The molecule has 0 aromatic carbocycles. The molecule has 1 heterocycles. The minimum atomic E-state index is -0.257. The fourth-order valence-corrected chi connectivity index (χ4v) is 3.52. The molecule has 1 aliphatic carbocycles. The molecule has 0 radical (unpaired) electrons.